The summed E-state index contributed by atoms with van der Waals surface area (Å²) in [6, 6.07) is 8.23. The molecule has 0 amide bonds. The standard InChI is InChI=1S/C17H16F2O5/c1-3-23-16(17(20)21)15-13(18)8-12(9-14(15)19)24-11-6-4-10(22-2)5-7-11/h4-9,16H,3H2,1-2H3,(H,20,21). The van der Waals surface area contributed by atoms with Gasteiger partial charge >= 0.3 is 5.97 Å². The molecule has 1 N–H and O–H groups in total. The second kappa shape index (κ2) is 7.74. The van der Waals surface area contributed by atoms with E-state index in [0.29, 0.717) is 11.5 Å². The monoisotopic (exact) mass is 338 g/mol. The first-order valence-corrected chi connectivity index (χ1v) is 7.11. The van der Waals surface area contributed by atoms with Crippen LogP contribution in [0.3, 0.4) is 0 Å². The fourth-order valence-corrected chi connectivity index (χ4v) is 2.10. The van der Waals surface area contributed by atoms with E-state index in [4.69, 9.17) is 19.3 Å². The van der Waals surface area contributed by atoms with Gasteiger partial charge in [-0.1, -0.05) is 0 Å². The Balaban J connectivity index is 2.29. The average molecular weight is 338 g/mol. The Bertz CT molecular complexity index is 692. The van der Waals surface area contributed by atoms with Gasteiger partial charge in [0.2, 0.25) is 0 Å². The van der Waals surface area contributed by atoms with Gasteiger partial charge in [-0.3, -0.25) is 0 Å². The van der Waals surface area contributed by atoms with Crippen LogP contribution < -0.4 is 9.47 Å². The number of hydrogen-bond donors (Lipinski definition) is 1. The van der Waals surface area contributed by atoms with Crippen LogP contribution in [0.25, 0.3) is 0 Å². The molecule has 0 bridgehead atoms. The number of carboxylic acids is 1. The molecular formula is C17H16F2O5. The van der Waals surface area contributed by atoms with Crippen LogP contribution in [0.15, 0.2) is 36.4 Å². The summed E-state index contributed by atoms with van der Waals surface area (Å²) >= 11 is 0. The van der Waals surface area contributed by atoms with Crippen molar-refractivity contribution in [1.82, 2.24) is 0 Å². The zero-order valence-corrected chi connectivity index (χ0v) is 13.1. The first-order valence-electron chi connectivity index (χ1n) is 7.11. The quantitative estimate of drug-likeness (QED) is 0.829. The molecule has 5 nitrogen and oxygen atoms in total. The first kappa shape index (κ1) is 17.7. The van der Waals surface area contributed by atoms with Gasteiger partial charge in [-0.15, -0.1) is 0 Å². The van der Waals surface area contributed by atoms with Gasteiger partial charge in [-0.2, -0.15) is 0 Å². The fraction of sp³-hybridized carbons (Fsp3) is 0.235. The van der Waals surface area contributed by atoms with E-state index in [1.807, 2.05) is 0 Å². The summed E-state index contributed by atoms with van der Waals surface area (Å²) in [5.74, 6) is -2.73. The molecule has 0 aliphatic rings. The molecule has 128 valence electrons. The average Bonchev–Trinajstić information content (AvgIpc) is 2.54. The minimum Gasteiger partial charge on any atom is -0.497 e. The van der Waals surface area contributed by atoms with Crippen LogP contribution in [0, 0.1) is 11.6 Å². The van der Waals surface area contributed by atoms with E-state index in [1.165, 1.54) is 14.0 Å². The van der Waals surface area contributed by atoms with Crippen LogP contribution in [-0.2, 0) is 9.53 Å². The zero-order valence-electron chi connectivity index (χ0n) is 13.1. The predicted molar refractivity (Wildman–Crippen MR) is 81.4 cm³/mol. The molecule has 0 fully saturated rings. The Morgan fingerprint density at radius 2 is 1.62 bits per heavy atom. The predicted octanol–water partition coefficient (Wildman–Crippen LogP) is 3.93. The molecule has 0 heterocycles. The summed E-state index contributed by atoms with van der Waals surface area (Å²) in [4.78, 5) is 11.1. The minimum absolute atomic E-state index is 0.0000532. The lowest BCUT2D eigenvalue weighted by molar-refractivity contribution is -0.151. The van der Waals surface area contributed by atoms with Gasteiger partial charge in [0.1, 0.15) is 28.9 Å². The second-order valence-corrected chi connectivity index (χ2v) is 4.75. The lowest BCUT2D eigenvalue weighted by atomic mass is 10.1. The van der Waals surface area contributed by atoms with Crippen LogP contribution in [0.1, 0.15) is 18.6 Å². The van der Waals surface area contributed by atoms with Crippen molar-refractivity contribution in [1.29, 1.82) is 0 Å². The molecule has 0 aromatic heterocycles. The Morgan fingerprint density at radius 3 is 2.08 bits per heavy atom. The number of carboxylic acid groups (broad SMARTS) is 1. The maximum atomic E-state index is 14.2. The molecule has 24 heavy (non-hydrogen) atoms. The molecule has 0 aliphatic heterocycles. The van der Waals surface area contributed by atoms with E-state index in [9.17, 15) is 13.6 Å². The van der Waals surface area contributed by atoms with Gasteiger partial charge in [-0.05, 0) is 31.2 Å². The van der Waals surface area contributed by atoms with Gasteiger partial charge in [-0.25, -0.2) is 13.6 Å². The van der Waals surface area contributed by atoms with Crippen molar-refractivity contribution in [3.05, 3.63) is 53.6 Å². The molecule has 7 heteroatoms. The van der Waals surface area contributed by atoms with Crippen molar-refractivity contribution in [3.8, 4) is 17.2 Å². The summed E-state index contributed by atoms with van der Waals surface area (Å²) in [6.45, 7) is 1.53. The van der Waals surface area contributed by atoms with Crippen molar-refractivity contribution in [3.63, 3.8) is 0 Å². The van der Waals surface area contributed by atoms with Crippen LogP contribution in [-0.4, -0.2) is 24.8 Å². The molecule has 0 spiro atoms. The third kappa shape index (κ3) is 3.99. The van der Waals surface area contributed by atoms with Crippen molar-refractivity contribution < 1.29 is 32.9 Å². The number of benzene rings is 2. The summed E-state index contributed by atoms with van der Waals surface area (Å²) in [5, 5.41) is 9.06. The number of halogens is 2. The molecule has 0 radical (unpaired) electrons. The van der Waals surface area contributed by atoms with E-state index >= 15 is 0 Å². The first-order chi connectivity index (χ1) is 11.5. The summed E-state index contributed by atoms with van der Waals surface area (Å²) in [6.07, 6.45) is -1.72. The van der Waals surface area contributed by atoms with E-state index in [2.05, 4.69) is 0 Å². The van der Waals surface area contributed by atoms with E-state index in [0.717, 1.165) is 12.1 Å². The number of carbonyl (C=O) groups is 1. The van der Waals surface area contributed by atoms with E-state index < -0.39 is 29.3 Å². The molecule has 0 saturated heterocycles. The number of ether oxygens (including phenoxy) is 3. The Labute approximate surface area is 137 Å². The minimum atomic E-state index is -1.72. The maximum Gasteiger partial charge on any atom is 0.337 e. The van der Waals surface area contributed by atoms with Crippen LogP contribution in [0.5, 0.6) is 17.2 Å². The number of methoxy groups -OCH3 is 1. The van der Waals surface area contributed by atoms with Crippen molar-refractivity contribution >= 4 is 5.97 Å². The van der Waals surface area contributed by atoms with Gasteiger partial charge in [0.25, 0.3) is 0 Å². The number of rotatable bonds is 7. The van der Waals surface area contributed by atoms with Crippen molar-refractivity contribution in [2.45, 2.75) is 13.0 Å². The van der Waals surface area contributed by atoms with Crippen molar-refractivity contribution in [2.24, 2.45) is 0 Å². The van der Waals surface area contributed by atoms with Crippen molar-refractivity contribution in [2.75, 3.05) is 13.7 Å². The molecule has 0 saturated carbocycles. The summed E-state index contributed by atoms with van der Waals surface area (Å²) < 4.78 is 43.6. The second-order valence-electron chi connectivity index (χ2n) is 4.75. The van der Waals surface area contributed by atoms with E-state index in [-0.39, 0.29) is 12.4 Å². The number of aliphatic carboxylic acids is 1. The summed E-state index contributed by atoms with van der Waals surface area (Å²) in [7, 11) is 1.51. The third-order valence-electron chi connectivity index (χ3n) is 3.17. The molecule has 2 rings (SSSR count). The highest BCUT2D eigenvalue weighted by Crippen LogP contribution is 2.31. The Morgan fingerprint density at radius 1 is 1.08 bits per heavy atom. The lowest BCUT2D eigenvalue weighted by Crippen LogP contribution is -2.18. The lowest BCUT2D eigenvalue weighted by Gasteiger charge is -2.15. The number of hydrogen-bond acceptors (Lipinski definition) is 4. The maximum absolute atomic E-state index is 14.2. The van der Waals surface area contributed by atoms with Gasteiger partial charge in [0.05, 0.1) is 12.7 Å². The largest absolute Gasteiger partial charge is 0.497 e. The highest BCUT2D eigenvalue weighted by molar-refractivity contribution is 5.74. The summed E-state index contributed by atoms with van der Waals surface area (Å²) in [5.41, 5.74) is -0.661. The van der Waals surface area contributed by atoms with E-state index in [1.54, 1.807) is 24.3 Å². The van der Waals surface area contributed by atoms with Crippen LogP contribution >= 0.6 is 0 Å². The molecule has 1 atom stereocenters. The Hall–Kier alpha value is -2.67. The van der Waals surface area contributed by atoms with Gasteiger partial charge < -0.3 is 19.3 Å². The SMILES string of the molecule is CCOC(C(=O)O)c1c(F)cc(Oc2ccc(OC)cc2)cc1F. The highest BCUT2D eigenvalue weighted by atomic mass is 19.1. The van der Waals surface area contributed by atoms with Gasteiger partial charge in [0.15, 0.2) is 6.10 Å². The van der Waals surface area contributed by atoms with Crippen LogP contribution in [0.2, 0.25) is 0 Å². The fourth-order valence-electron chi connectivity index (χ4n) is 2.10. The topological polar surface area (TPSA) is 65.0 Å². The molecule has 2 aromatic carbocycles. The Kier molecular flexibility index (Phi) is 5.70. The molecule has 1 unspecified atom stereocenters. The zero-order chi connectivity index (χ0) is 17.7. The molecule has 2 aromatic rings. The third-order valence-corrected chi connectivity index (χ3v) is 3.17. The highest BCUT2D eigenvalue weighted by Gasteiger charge is 2.28. The smallest absolute Gasteiger partial charge is 0.337 e. The molecular weight excluding hydrogens is 322 g/mol. The van der Waals surface area contributed by atoms with Crippen LogP contribution in [0.4, 0.5) is 8.78 Å². The van der Waals surface area contributed by atoms with Gasteiger partial charge in [0, 0.05) is 18.7 Å². The molecule has 0 aliphatic carbocycles. The normalized spacial score (nSPS) is 11.8.